The van der Waals surface area contributed by atoms with Crippen molar-refractivity contribution in [3.8, 4) is 0 Å². The SMILES string of the molecule is CCC1CCCC(Nc2ccccc2CNC(=O)OC(C)(C)C)C1. The van der Waals surface area contributed by atoms with Crippen LogP contribution in [0, 0.1) is 5.92 Å². The minimum atomic E-state index is -0.473. The molecule has 2 rings (SSSR count). The first-order valence-electron chi connectivity index (χ1n) is 9.18. The molecule has 0 saturated heterocycles. The Morgan fingerprint density at radius 1 is 1.25 bits per heavy atom. The molecule has 0 aromatic heterocycles. The Balaban J connectivity index is 1.93. The second-order valence-electron chi connectivity index (χ2n) is 7.79. The maximum atomic E-state index is 11.9. The van der Waals surface area contributed by atoms with Crippen molar-refractivity contribution >= 4 is 11.8 Å². The quantitative estimate of drug-likeness (QED) is 0.789. The number of rotatable bonds is 5. The van der Waals surface area contributed by atoms with E-state index in [9.17, 15) is 4.79 Å². The molecule has 0 radical (unpaired) electrons. The number of carbonyl (C=O) groups is 1. The average molecular weight is 332 g/mol. The molecule has 134 valence electrons. The van der Waals surface area contributed by atoms with Gasteiger partial charge in [-0.3, -0.25) is 0 Å². The highest BCUT2D eigenvalue weighted by molar-refractivity contribution is 5.68. The highest BCUT2D eigenvalue weighted by Gasteiger charge is 2.21. The lowest BCUT2D eigenvalue weighted by Crippen LogP contribution is -2.32. The van der Waals surface area contributed by atoms with Gasteiger partial charge in [0, 0.05) is 18.3 Å². The number of amides is 1. The van der Waals surface area contributed by atoms with Crippen molar-refractivity contribution < 1.29 is 9.53 Å². The van der Waals surface area contributed by atoms with E-state index in [1.807, 2.05) is 32.9 Å². The highest BCUT2D eigenvalue weighted by Crippen LogP contribution is 2.29. The molecular formula is C20H32N2O2. The Morgan fingerprint density at radius 2 is 2.00 bits per heavy atom. The summed E-state index contributed by atoms with van der Waals surface area (Å²) in [4.78, 5) is 11.9. The number of ether oxygens (including phenoxy) is 1. The van der Waals surface area contributed by atoms with Gasteiger partial charge >= 0.3 is 6.09 Å². The summed E-state index contributed by atoms with van der Waals surface area (Å²) in [6, 6.07) is 8.74. The topological polar surface area (TPSA) is 50.4 Å². The highest BCUT2D eigenvalue weighted by atomic mass is 16.6. The van der Waals surface area contributed by atoms with Crippen LogP contribution in [0.5, 0.6) is 0 Å². The van der Waals surface area contributed by atoms with Crippen LogP contribution in [0.4, 0.5) is 10.5 Å². The van der Waals surface area contributed by atoms with E-state index in [0.29, 0.717) is 12.6 Å². The Bertz CT molecular complexity index is 537. The van der Waals surface area contributed by atoms with Gasteiger partial charge in [-0.05, 0) is 51.2 Å². The first-order chi connectivity index (χ1) is 11.4. The van der Waals surface area contributed by atoms with Crippen LogP contribution in [0.3, 0.4) is 0 Å². The van der Waals surface area contributed by atoms with E-state index < -0.39 is 5.60 Å². The molecule has 0 heterocycles. The van der Waals surface area contributed by atoms with Gasteiger partial charge in [0.2, 0.25) is 0 Å². The fraction of sp³-hybridized carbons (Fsp3) is 0.650. The van der Waals surface area contributed by atoms with Gasteiger partial charge in [-0.15, -0.1) is 0 Å². The second-order valence-corrected chi connectivity index (χ2v) is 7.79. The minimum Gasteiger partial charge on any atom is -0.444 e. The number of nitrogens with one attached hydrogen (secondary N) is 2. The van der Waals surface area contributed by atoms with Gasteiger partial charge in [0.1, 0.15) is 5.60 Å². The number of benzene rings is 1. The van der Waals surface area contributed by atoms with E-state index in [0.717, 1.165) is 17.2 Å². The van der Waals surface area contributed by atoms with Gasteiger partial charge in [0.25, 0.3) is 0 Å². The van der Waals surface area contributed by atoms with E-state index in [1.165, 1.54) is 32.1 Å². The van der Waals surface area contributed by atoms with Crippen molar-refractivity contribution in [3.05, 3.63) is 29.8 Å². The number of hydrogen-bond acceptors (Lipinski definition) is 3. The number of alkyl carbamates (subject to hydrolysis) is 1. The normalized spacial score (nSPS) is 21.2. The predicted octanol–water partition coefficient (Wildman–Crippen LogP) is 5.09. The summed E-state index contributed by atoms with van der Waals surface area (Å²) in [5, 5.41) is 6.55. The molecule has 2 N–H and O–H groups in total. The third-order valence-corrected chi connectivity index (χ3v) is 4.56. The van der Waals surface area contributed by atoms with E-state index >= 15 is 0 Å². The van der Waals surface area contributed by atoms with E-state index in [1.54, 1.807) is 0 Å². The molecule has 0 spiro atoms. The van der Waals surface area contributed by atoms with Crippen LogP contribution in [0.25, 0.3) is 0 Å². The van der Waals surface area contributed by atoms with Crippen molar-refractivity contribution in [2.24, 2.45) is 5.92 Å². The molecule has 1 aromatic rings. The van der Waals surface area contributed by atoms with Crippen LogP contribution < -0.4 is 10.6 Å². The second kappa shape index (κ2) is 8.41. The third-order valence-electron chi connectivity index (χ3n) is 4.56. The van der Waals surface area contributed by atoms with Crippen LogP contribution in [0.15, 0.2) is 24.3 Å². The molecule has 4 heteroatoms. The predicted molar refractivity (Wildman–Crippen MR) is 99.2 cm³/mol. The van der Waals surface area contributed by atoms with Gasteiger partial charge < -0.3 is 15.4 Å². The summed E-state index contributed by atoms with van der Waals surface area (Å²) < 4.78 is 5.31. The Morgan fingerprint density at radius 3 is 2.71 bits per heavy atom. The number of anilines is 1. The zero-order valence-electron chi connectivity index (χ0n) is 15.5. The van der Waals surface area contributed by atoms with E-state index in [4.69, 9.17) is 4.74 Å². The molecule has 2 unspecified atom stereocenters. The average Bonchev–Trinajstić information content (AvgIpc) is 2.52. The molecule has 2 atom stereocenters. The van der Waals surface area contributed by atoms with Crippen LogP contribution in [-0.2, 0) is 11.3 Å². The Kier molecular flexibility index (Phi) is 6.52. The number of hydrogen-bond donors (Lipinski definition) is 2. The third kappa shape index (κ3) is 6.06. The summed E-state index contributed by atoms with van der Waals surface area (Å²) >= 11 is 0. The summed E-state index contributed by atoms with van der Waals surface area (Å²) in [6.07, 6.45) is 6.01. The zero-order chi connectivity index (χ0) is 17.6. The molecule has 24 heavy (non-hydrogen) atoms. The fourth-order valence-electron chi connectivity index (χ4n) is 3.31. The van der Waals surface area contributed by atoms with Crippen LogP contribution in [0.2, 0.25) is 0 Å². The zero-order valence-corrected chi connectivity index (χ0v) is 15.5. The van der Waals surface area contributed by atoms with Gasteiger partial charge in [-0.25, -0.2) is 4.79 Å². The molecule has 1 aliphatic carbocycles. The lowest BCUT2D eigenvalue weighted by atomic mass is 9.84. The molecule has 1 aromatic carbocycles. The monoisotopic (exact) mass is 332 g/mol. The van der Waals surface area contributed by atoms with Crippen molar-refractivity contribution in [3.63, 3.8) is 0 Å². The molecule has 1 saturated carbocycles. The molecule has 0 bridgehead atoms. The van der Waals surface area contributed by atoms with Gasteiger partial charge in [-0.2, -0.15) is 0 Å². The summed E-state index contributed by atoms with van der Waals surface area (Å²) in [5.74, 6) is 0.836. The summed E-state index contributed by atoms with van der Waals surface area (Å²) in [6.45, 7) is 8.37. The minimum absolute atomic E-state index is 0.374. The molecule has 0 aliphatic heterocycles. The lowest BCUT2D eigenvalue weighted by Gasteiger charge is -2.30. The molecule has 4 nitrogen and oxygen atoms in total. The maximum absolute atomic E-state index is 11.9. The summed E-state index contributed by atoms with van der Waals surface area (Å²) in [5.41, 5.74) is 1.75. The Labute approximate surface area is 146 Å². The largest absolute Gasteiger partial charge is 0.444 e. The van der Waals surface area contributed by atoms with E-state index in [2.05, 4.69) is 29.7 Å². The van der Waals surface area contributed by atoms with Gasteiger partial charge in [0.15, 0.2) is 0 Å². The van der Waals surface area contributed by atoms with Crippen LogP contribution >= 0.6 is 0 Å². The molecular weight excluding hydrogens is 300 g/mol. The maximum Gasteiger partial charge on any atom is 0.407 e. The first kappa shape index (κ1) is 18.6. The number of carbonyl (C=O) groups excluding carboxylic acids is 1. The fourth-order valence-corrected chi connectivity index (χ4v) is 3.31. The molecule has 1 amide bonds. The smallest absolute Gasteiger partial charge is 0.407 e. The first-order valence-corrected chi connectivity index (χ1v) is 9.18. The van der Waals surface area contributed by atoms with Crippen molar-refractivity contribution in [2.45, 2.75) is 78.0 Å². The summed E-state index contributed by atoms with van der Waals surface area (Å²) in [7, 11) is 0. The van der Waals surface area contributed by atoms with Crippen molar-refractivity contribution in [2.75, 3.05) is 5.32 Å². The molecule has 1 aliphatic rings. The number of para-hydroxylation sites is 1. The van der Waals surface area contributed by atoms with Crippen LogP contribution in [0.1, 0.15) is 65.4 Å². The Hall–Kier alpha value is -1.71. The van der Waals surface area contributed by atoms with Gasteiger partial charge in [0.05, 0.1) is 0 Å². The lowest BCUT2D eigenvalue weighted by molar-refractivity contribution is 0.0523. The van der Waals surface area contributed by atoms with Crippen molar-refractivity contribution in [1.82, 2.24) is 5.32 Å². The molecule has 1 fully saturated rings. The van der Waals surface area contributed by atoms with Crippen LogP contribution in [-0.4, -0.2) is 17.7 Å². The van der Waals surface area contributed by atoms with Crippen molar-refractivity contribution in [1.29, 1.82) is 0 Å². The van der Waals surface area contributed by atoms with Gasteiger partial charge in [-0.1, -0.05) is 44.4 Å². The standard InChI is InChI=1S/C20H32N2O2/c1-5-15-9-8-11-17(13-15)22-18-12-7-6-10-16(18)14-21-19(23)24-20(2,3)4/h6-7,10,12,15,17,22H,5,8-9,11,13-14H2,1-4H3,(H,21,23). The van der Waals surface area contributed by atoms with E-state index in [-0.39, 0.29) is 6.09 Å².